The number of para-hydroxylation sites is 1. The van der Waals surface area contributed by atoms with Crippen molar-refractivity contribution in [2.24, 2.45) is 0 Å². The lowest BCUT2D eigenvalue weighted by atomic mass is 10.2. The molecule has 1 aromatic carbocycles. The highest BCUT2D eigenvalue weighted by atomic mass is 16.5. The maximum Gasteiger partial charge on any atom is 0.144 e. The predicted molar refractivity (Wildman–Crippen MR) is 49.5 cm³/mol. The number of nitrogens with one attached hydrogen (secondary N) is 1. The van der Waals surface area contributed by atoms with Crippen molar-refractivity contribution in [3.05, 3.63) is 18.2 Å². The number of rotatable bonds is 0. The summed E-state index contributed by atoms with van der Waals surface area (Å²) in [4.78, 5) is 0. The molecule has 0 saturated heterocycles. The van der Waals surface area contributed by atoms with Crippen LogP contribution in [-0.4, -0.2) is 13.2 Å². The van der Waals surface area contributed by atoms with Gasteiger partial charge in [0.1, 0.15) is 11.4 Å². The standard InChI is InChI=1S/C9H12N2O/c10-7-3-1-4-8-9(7)11-5-2-6-12-8/h1,3-4,11H,2,5-6,10H2. The minimum absolute atomic E-state index is 0.759. The number of anilines is 2. The van der Waals surface area contributed by atoms with Gasteiger partial charge in [0.15, 0.2) is 0 Å². The molecule has 0 aromatic heterocycles. The number of hydrogen-bond acceptors (Lipinski definition) is 3. The zero-order chi connectivity index (χ0) is 8.39. The summed E-state index contributed by atoms with van der Waals surface area (Å²) in [6.45, 7) is 1.70. The van der Waals surface area contributed by atoms with Gasteiger partial charge in [-0.2, -0.15) is 0 Å². The van der Waals surface area contributed by atoms with Crippen molar-refractivity contribution < 1.29 is 4.74 Å². The van der Waals surface area contributed by atoms with Crippen molar-refractivity contribution >= 4 is 11.4 Å². The maximum absolute atomic E-state index is 5.77. The van der Waals surface area contributed by atoms with Crippen LogP contribution in [-0.2, 0) is 0 Å². The van der Waals surface area contributed by atoms with Crippen LogP contribution in [0.3, 0.4) is 0 Å². The molecule has 0 atom stereocenters. The van der Waals surface area contributed by atoms with Crippen LogP contribution < -0.4 is 15.8 Å². The molecule has 3 heteroatoms. The third-order valence-corrected chi connectivity index (χ3v) is 1.94. The first-order valence-electron chi connectivity index (χ1n) is 4.13. The van der Waals surface area contributed by atoms with E-state index in [1.54, 1.807) is 0 Å². The SMILES string of the molecule is Nc1cccc2c1NCCCO2. The van der Waals surface area contributed by atoms with E-state index in [-0.39, 0.29) is 0 Å². The smallest absolute Gasteiger partial charge is 0.144 e. The lowest BCUT2D eigenvalue weighted by Gasteiger charge is -2.09. The number of ether oxygens (including phenoxy) is 1. The average Bonchev–Trinajstić information content (AvgIpc) is 2.30. The molecule has 1 aliphatic heterocycles. The minimum atomic E-state index is 0.759. The molecule has 3 nitrogen and oxygen atoms in total. The van der Waals surface area contributed by atoms with E-state index in [0.29, 0.717) is 0 Å². The van der Waals surface area contributed by atoms with Crippen molar-refractivity contribution in [3.63, 3.8) is 0 Å². The van der Waals surface area contributed by atoms with E-state index in [1.807, 2.05) is 18.2 Å². The fourth-order valence-corrected chi connectivity index (χ4v) is 1.33. The molecular weight excluding hydrogens is 152 g/mol. The van der Waals surface area contributed by atoms with E-state index in [0.717, 1.165) is 36.7 Å². The van der Waals surface area contributed by atoms with Gasteiger partial charge in [-0.3, -0.25) is 0 Å². The second-order valence-corrected chi connectivity index (χ2v) is 2.85. The van der Waals surface area contributed by atoms with Gasteiger partial charge in [-0.1, -0.05) is 6.07 Å². The summed E-state index contributed by atoms with van der Waals surface area (Å²) in [5, 5.41) is 3.24. The Morgan fingerprint density at radius 3 is 3.25 bits per heavy atom. The van der Waals surface area contributed by atoms with Gasteiger partial charge in [0.2, 0.25) is 0 Å². The van der Waals surface area contributed by atoms with E-state index >= 15 is 0 Å². The highest BCUT2D eigenvalue weighted by molar-refractivity contribution is 5.73. The van der Waals surface area contributed by atoms with Crippen LogP contribution in [0.1, 0.15) is 6.42 Å². The van der Waals surface area contributed by atoms with Crippen LogP contribution in [0.2, 0.25) is 0 Å². The van der Waals surface area contributed by atoms with Gasteiger partial charge in [0.25, 0.3) is 0 Å². The Morgan fingerprint density at radius 2 is 2.33 bits per heavy atom. The van der Waals surface area contributed by atoms with Gasteiger partial charge in [-0.05, 0) is 18.6 Å². The van der Waals surface area contributed by atoms with E-state index in [9.17, 15) is 0 Å². The predicted octanol–water partition coefficient (Wildman–Crippen LogP) is 1.46. The van der Waals surface area contributed by atoms with Crippen molar-refractivity contribution in [2.45, 2.75) is 6.42 Å². The van der Waals surface area contributed by atoms with Crippen molar-refractivity contribution in [1.82, 2.24) is 0 Å². The van der Waals surface area contributed by atoms with Gasteiger partial charge in [0.05, 0.1) is 12.3 Å². The maximum atomic E-state index is 5.77. The second-order valence-electron chi connectivity index (χ2n) is 2.85. The molecule has 3 N–H and O–H groups in total. The average molecular weight is 164 g/mol. The molecular formula is C9H12N2O. The first-order valence-corrected chi connectivity index (χ1v) is 4.13. The normalized spacial score (nSPS) is 15.3. The van der Waals surface area contributed by atoms with Gasteiger partial charge < -0.3 is 15.8 Å². The van der Waals surface area contributed by atoms with E-state index in [2.05, 4.69) is 5.32 Å². The molecule has 0 radical (unpaired) electrons. The van der Waals surface area contributed by atoms with Crippen LogP contribution >= 0.6 is 0 Å². The Kier molecular flexibility index (Phi) is 1.78. The van der Waals surface area contributed by atoms with Gasteiger partial charge in [-0.25, -0.2) is 0 Å². The summed E-state index contributed by atoms with van der Waals surface area (Å²) >= 11 is 0. The molecule has 0 saturated carbocycles. The summed E-state index contributed by atoms with van der Waals surface area (Å²) in [6.07, 6.45) is 1.02. The Hall–Kier alpha value is -1.38. The minimum Gasteiger partial charge on any atom is -0.491 e. The molecule has 0 bridgehead atoms. The Morgan fingerprint density at radius 1 is 1.42 bits per heavy atom. The number of benzene rings is 1. The number of nitrogen functional groups attached to an aromatic ring is 1. The highest BCUT2D eigenvalue weighted by Crippen LogP contribution is 2.31. The fourth-order valence-electron chi connectivity index (χ4n) is 1.33. The lowest BCUT2D eigenvalue weighted by molar-refractivity contribution is 0.323. The summed E-state index contributed by atoms with van der Waals surface area (Å²) in [5.74, 6) is 0.868. The largest absolute Gasteiger partial charge is 0.491 e. The number of fused-ring (bicyclic) bond motifs is 1. The van der Waals surface area contributed by atoms with E-state index < -0.39 is 0 Å². The van der Waals surface area contributed by atoms with Crippen molar-refractivity contribution in [1.29, 1.82) is 0 Å². The Labute approximate surface area is 71.5 Å². The van der Waals surface area contributed by atoms with Crippen molar-refractivity contribution in [2.75, 3.05) is 24.2 Å². The van der Waals surface area contributed by atoms with Crippen LogP contribution in [0.4, 0.5) is 11.4 Å². The second kappa shape index (κ2) is 2.93. The first-order chi connectivity index (χ1) is 5.88. The molecule has 0 unspecified atom stereocenters. The van der Waals surface area contributed by atoms with Crippen LogP contribution in [0.25, 0.3) is 0 Å². The van der Waals surface area contributed by atoms with E-state index in [4.69, 9.17) is 10.5 Å². The zero-order valence-electron chi connectivity index (χ0n) is 6.84. The van der Waals surface area contributed by atoms with Crippen LogP contribution in [0.15, 0.2) is 18.2 Å². The van der Waals surface area contributed by atoms with Gasteiger partial charge in [-0.15, -0.1) is 0 Å². The highest BCUT2D eigenvalue weighted by Gasteiger charge is 2.09. The molecule has 0 amide bonds. The third kappa shape index (κ3) is 1.18. The Bertz CT molecular complexity index is 286. The number of hydrogen-bond donors (Lipinski definition) is 2. The molecule has 1 heterocycles. The molecule has 0 fully saturated rings. The summed E-state index contributed by atoms with van der Waals surface area (Å²) in [5.41, 5.74) is 7.47. The molecule has 2 rings (SSSR count). The molecule has 0 spiro atoms. The fraction of sp³-hybridized carbons (Fsp3) is 0.333. The quantitative estimate of drug-likeness (QED) is 0.571. The molecule has 0 aliphatic carbocycles. The summed E-state index contributed by atoms with van der Waals surface area (Å²) in [6, 6.07) is 5.71. The first kappa shape index (κ1) is 7.28. The number of nitrogens with two attached hydrogens (primary N) is 1. The molecule has 1 aliphatic rings. The zero-order valence-corrected chi connectivity index (χ0v) is 6.84. The van der Waals surface area contributed by atoms with Gasteiger partial charge in [0, 0.05) is 6.54 Å². The molecule has 12 heavy (non-hydrogen) atoms. The van der Waals surface area contributed by atoms with Gasteiger partial charge >= 0.3 is 0 Å². The molecule has 64 valence electrons. The monoisotopic (exact) mass is 164 g/mol. The molecule has 1 aromatic rings. The third-order valence-electron chi connectivity index (χ3n) is 1.94. The van der Waals surface area contributed by atoms with Crippen LogP contribution in [0, 0.1) is 0 Å². The van der Waals surface area contributed by atoms with Crippen molar-refractivity contribution in [3.8, 4) is 5.75 Å². The topological polar surface area (TPSA) is 47.3 Å². The summed E-state index contributed by atoms with van der Waals surface area (Å²) in [7, 11) is 0. The summed E-state index contributed by atoms with van der Waals surface area (Å²) < 4.78 is 5.49. The lowest BCUT2D eigenvalue weighted by Crippen LogP contribution is -2.02. The van der Waals surface area contributed by atoms with Crippen LogP contribution in [0.5, 0.6) is 5.75 Å². The Balaban J connectivity index is 2.42. The van der Waals surface area contributed by atoms with E-state index in [1.165, 1.54) is 0 Å².